The molecule has 0 aromatic heterocycles. The monoisotopic (exact) mass is 281 g/mol. The molecular weight excluding hydrogens is 266 g/mol. The van der Waals surface area contributed by atoms with Gasteiger partial charge in [-0.25, -0.2) is 0 Å². The quantitative estimate of drug-likeness (QED) is 0.793. The minimum atomic E-state index is -0.557. The number of hydrogen-bond donors (Lipinski definition) is 0. The fourth-order valence-electron chi connectivity index (χ4n) is 2.28. The van der Waals surface area contributed by atoms with Crippen LogP contribution in [-0.4, -0.2) is 42.0 Å². The molecule has 102 valence electrons. The van der Waals surface area contributed by atoms with Crippen LogP contribution < -0.4 is 9.47 Å². The summed E-state index contributed by atoms with van der Waals surface area (Å²) in [6.07, 6.45) is 1.57. The molecule has 4 nitrogen and oxygen atoms in total. The van der Waals surface area contributed by atoms with Gasteiger partial charge in [0.1, 0.15) is 6.61 Å². The number of benzene rings is 1. The van der Waals surface area contributed by atoms with Gasteiger partial charge in [-0.1, -0.05) is 12.1 Å². The Morgan fingerprint density at radius 2 is 2.05 bits per heavy atom. The van der Waals surface area contributed by atoms with Crippen LogP contribution in [0.2, 0.25) is 0 Å². The van der Waals surface area contributed by atoms with Crippen molar-refractivity contribution in [3.05, 3.63) is 24.3 Å². The Bertz CT molecular complexity index is 476. The molecule has 2 aliphatic rings. The molecule has 1 aliphatic heterocycles. The lowest BCUT2D eigenvalue weighted by atomic mass is 10.2. The van der Waals surface area contributed by atoms with Crippen molar-refractivity contribution in [3.63, 3.8) is 0 Å². The van der Waals surface area contributed by atoms with Crippen molar-refractivity contribution in [1.29, 1.82) is 0 Å². The lowest BCUT2D eigenvalue weighted by Crippen LogP contribution is -2.48. The van der Waals surface area contributed by atoms with Gasteiger partial charge in [-0.15, -0.1) is 11.6 Å². The van der Waals surface area contributed by atoms with Crippen LogP contribution in [0.5, 0.6) is 11.5 Å². The van der Waals surface area contributed by atoms with Crippen molar-refractivity contribution in [2.24, 2.45) is 0 Å². The van der Waals surface area contributed by atoms with Crippen LogP contribution in [0.4, 0.5) is 0 Å². The number of fused-ring (bicyclic) bond motifs is 1. The molecule has 1 unspecified atom stereocenters. The molecule has 0 N–H and O–H groups in total. The fraction of sp³-hybridized carbons (Fsp3) is 0.500. The lowest BCUT2D eigenvalue weighted by molar-refractivity contribution is -0.141. The molecule has 0 bridgehead atoms. The van der Waals surface area contributed by atoms with Crippen molar-refractivity contribution in [3.8, 4) is 11.5 Å². The van der Waals surface area contributed by atoms with Crippen LogP contribution in [0.1, 0.15) is 12.8 Å². The number of rotatable bonds is 4. The molecule has 0 saturated heterocycles. The molecule has 1 amide bonds. The minimum Gasteiger partial charge on any atom is -0.485 e. The number of carbonyl (C=O) groups is 1. The van der Waals surface area contributed by atoms with E-state index in [0.717, 1.165) is 12.8 Å². The first-order chi connectivity index (χ1) is 9.29. The highest BCUT2D eigenvalue weighted by Crippen LogP contribution is 2.33. The molecule has 5 heteroatoms. The molecule has 1 fully saturated rings. The van der Waals surface area contributed by atoms with Crippen molar-refractivity contribution in [2.75, 3.05) is 19.0 Å². The molecule has 3 rings (SSSR count). The summed E-state index contributed by atoms with van der Waals surface area (Å²) in [7, 11) is 0. The SMILES string of the molecule is O=C(C1COc2ccccc2O1)N(CCCl)C1CC1. The van der Waals surface area contributed by atoms with Gasteiger partial charge in [0.25, 0.3) is 5.91 Å². The maximum Gasteiger partial charge on any atom is 0.267 e. The first kappa shape index (κ1) is 12.6. The third kappa shape index (κ3) is 2.63. The summed E-state index contributed by atoms with van der Waals surface area (Å²) in [6.45, 7) is 0.841. The van der Waals surface area contributed by atoms with Crippen LogP contribution in [0.3, 0.4) is 0 Å². The van der Waals surface area contributed by atoms with Crippen molar-refractivity contribution in [1.82, 2.24) is 4.90 Å². The number of amides is 1. The molecule has 1 saturated carbocycles. The van der Waals surface area contributed by atoms with Gasteiger partial charge in [0, 0.05) is 18.5 Å². The predicted molar refractivity (Wildman–Crippen MR) is 71.8 cm³/mol. The summed E-state index contributed by atoms with van der Waals surface area (Å²) in [5, 5.41) is 0. The first-order valence-electron chi connectivity index (χ1n) is 6.54. The van der Waals surface area contributed by atoms with E-state index in [0.29, 0.717) is 30.0 Å². The standard InChI is InChI=1S/C14H16ClNO3/c15-7-8-16(10-5-6-10)14(17)13-9-18-11-3-1-2-4-12(11)19-13/h1-4,10,13H,5-9H2. The van der Waals surface area contributed by atoms with Crippen molar-refractivity contribution < 1.29 is 14.3 Å². The average Bonchev–Trinajstić information content (AvgIpc) is 3.28. The van der Waals surface area contributed by atoms with Crippen LogP contribution in [-0.2, 0) is 4.79 Å². The van der Waals surface area contributed by atoms with Crippen LogP contribution >= 0.6 is 11.6 Å². The summed E-state index contributed by atoms with van der Waals surface area (Å²) in [6, 6.07) is 7.75. The minimum absolute atomic E-state index is 0.0161. The van der Waals surface area contributed by atoms with Gasteiger partial charge in [-0.3, -0.25) is 4.79 Å². The van der Waals surface area contributed by atoms with Gasteiger partial charge in [0.2, 0.25) is 6.10 Å². The van der Waals surface area contributed by atoms with Crippen LogP contribution in [0.25, 0.3) is 0 Å². The van der Waals surface area contributed by atoms with Gasteiger partial charge in [-0.2, -0.15) is 0 Å². The topological polar surface area (TPSA) is 38.8 Å². The van der Waals surface area contributed by atoms with E-state index in [9.17, 15) is 4.79 Å². The highest BCUT2D eigenvalue weighted by Gasteiger charge is 2.38. The number of nitrogens with zero attached hydrogens (tertiary/aromatic N) is 1. The van der Waals surface area contributed by atoms with E-state index in [1.165, 1.54) is 0 Å². The second-order valence-corrected chi connectivity index (χ2v) is 5.19. The maximum absolute atomic E-state index is 12.4. The molecule has 1 aliphatic carbocycles. The Hall–Kier alpha value is -1.42. The molecule has 19 heavy (non-hydrogen) atoms. The van der Waals surface area contributed by atoms with Crippen molar-refractivity contribution >= 4 is 17.5 Å². The van der Waals surface area contributed by atoms with E-state index in [1.54, 1.807) is 0 Å². The van der Waals surface area contributed by atoms with E-state index < -0.39 is 6.10 Å². The number of halogens is 1. The predicted octanol–water partition coefficient (Wildman–Crippen LogP) is 2.06. The number of para-hydroxylation sites is 2. The number of hydrogen-bond acceptors (Lipinski definition) is 3. The number of alkyl halides is 1. The zero-order valence-corrected chi connectivity index (χ0v) is 11.3. The third-order valence-corrected chi connectivity index (χ3v) is 3.55. The summed E-state index contributed by atoms with van der Waals surface area (Å²) in [4.78, 5) is 14.3. The molecule has 0 spiro atoms. The normalized spacial score (nSPS) is 21.0. The Balaban J connectivity index is 1.71. The molecule has 0 radical (unpaired) electrons. The highest BCUT2D eigenvalue weighted by atomic mass is 35.5. The van der Waals surface area contributed by atoms with Gasteiger partial charge >= 0.3 is 0 Å². The van der Waals surface area contributed by atoms with Crippen LogP contribution in [0.15, 0.2) is 24.3 Å². The van der Waals surface area contributed by atoms with E-state index in [1.807, 2.05) is 29.2 Å². The van der Waals surface area contributed by atoms with E-state index >= 15 is 0 Å². The summed E-state index contributed by atoms with van der Waals surface area (Å²) < 4.78 is 11.3. The average molecular weight is 282 g/mol. The van der Waals surface area contributed by atoms with Gasteiger partial charge in [0.15, 0.2) is 11.5 Å². The molecule has 1 aromatic carbocycles. The molecule has 1 aromatic rings. The zero-order chi connectivity index (χ0) is 13.2. The fourth-order valence-corrected chi connectivity index (χ4v) is 2.46. The third-order valence-electron chi connectivity index (χ3n) is 3.38. The Labute approximate surface area is 117 Å². The molecular formula is C14H16ClNO3. The smallest absolute Gasteiger partial charge is 0.267 e. The second-order valence-electron chi connectivity index (χ2n) is 4.82. The second kappa shape index (κ2) is 5.29. The largest absolute Gasteiger partial charge is 0.485 e. The van der Waals surface area contributed by atoms with Gasteiger partial charge in [0.05, 0.1) is 0 Å². The van der Waals surface area contributed by atoms with Gasteiger partial charge < -0.3 is 14.4 Å². The van der Waals surface area contributed by atoms with Crippen LogP contribution in [0, 0.1) is 0 Å². The van der Waals surface area contributed by atoms with Gasteiger partial charge in [-0.05, 0) is 25.0 Å². The number of carbonyl (C=O) groups excluding carboxylic acids is 1. The maximum atomic E-state index is 12.4. The summed E-state index contributed by atoms with van der Waals surface area (Å²) in [5.74, 6) is 1.76. The summed E-state index contributed by atoms with van der Waals surface area (Å²) >= 11 is 5.77. The highest BCUT2D eigenvalue weighted by molar-refractivity contribution is 6.18. The molecule has 1 atom stereocenters. The van der Waals surface area contributed by atoms with E-state index in [-0.39, 0.29) is 12.5 Å². The van der Waals surface area contributed by atoms with Crippen molar-refractivity contribution in [2.45, 2.75) is 25.0 Å². The Kier molecular flexibility index (Phi) is 3.51. The lowest BCUT2D eigenvalue weighted by Gasteiger charge is -2.30. The molecule has 1 heterocycles. The number of ether oxygens (including phenoxy) is 2. The summed E-state index contributed by atoms with van der Waals surface area (Å²) in [5.41, 5.74) is 0. The van der Waals surface area contributed by atoms with E-state index in [4.69, 9.17) is 21.1 Å². The zero-order valence-electron chi connectivity index (χ0n) is 10.5. The Morgan fingerprint density at radius 3 is 2.74 bits per heavy atom. The Morgan fingerprint density at radius 1 is 1.32 bits per heavy atom. The first-order valence-corrected chi connectivity index (χ1v) is 7.08. The van der Waals surface area contributed by atoms with E-state index in [2.05, 4.69) is 0 Å².